The average Bonchev–Trinajstić information content (AvgIpc) is 3.23. The zero-order chi connectivity index (χ0) is 22.4. The third kappa shape index (κ3) is 3.83. The normalized spacial score (nSPS) is 14.4. The van der Waals surface area contributed by atoms with Crippen molar-refractivity contribution < 1.29 is 0 Å². The number of anilines is 2. The van der Waals surface area contributed by atoms with Gasteiger partial charge in [0.15, 0.2) is 0 Å². The number of thiophene rings is 1. The van der Waals surface area contributed by atoms with Crippen LogP contribution in [-0.4, -0.2) is 36.1 Å². The third-order valence-corrected chi connectivity index (χ3v) is 8.06. The molecule has 3 heterocycles. The van der Waals surface area contributed by atoms with Crippen molar-refractivity contribution in [1.82, 2.24) is 9.97 Å². The number of aryl methyl sites for hydroxylation is 2. The van der Waals surface area contributed by atoms with Crippen molar-refractivity contribution >= 4 is 56.3 Å². The number of rotatable bonds is 3. The largest absolute Gasteiger partial charge is 0.368 e. The van der Waals surface area contributed by atoms with Crippen LogP contribution in [0, 0.1) is 20.8 Å². The lowest BCUT2D eigenvalue weighted by molar-refractivity contribution is 0.649. The molecule has 0 radical (unpaired) electrons. The molecule has 0 N–H and O–H groups in total. The molecule has 2 aromatic heterocycles. The van der Waals surface area contributed by atoms with E-state index in [-0.39, 0.29) is 0 Å². The summed E-state index contributed by atoms with van der Waals surface area (Å²) in [6.07, 6.45) is 1.69. The first kappa shape index (κ1) is 21.5. The van der Waals surface area contributed by atoms with Gasteiger partial charge in [0, 0.05) is 42.8 Å². The maximum atomic E-state index is 6.23. The number of hydrogen-bond donors (Lipinski definition) is 0. The molecular weight excluding hydrogens is 459 g/mol. The van der Waals surface area contributed by atoms with Crippen LogP contribution in [0.4, 0.5) is 11.5 Å². The molecule has 0 amide bonds. The van der Waals surface area contributed by atoms with Gasteiger partial charge in [0.05, 0.1) is 15.4 Å². The van der Waals surface area contributed by atoms with Crippen LogP contribution in [0.5, 0.6) is 0 Å². The summed E-state index contributed by atoms with van der Waals surface area (Å²) in [5.41, 5.74) is 7.54. The predicted octanol–water partition coefficient (Wildman–Crippen LogP) is 6.92. The summed E-state index contributed by atoms with van der Waals surface area (Å²) in [6, 6.07) is 10.4. The van der Waals surface area contributed by atoms with Gasteiger partial charge in [-0.2, -0.15) is 0 Å². The van der Waals surface area contributed by atoms with Crippen molar-refractivity contribution in [2.75, 3.05) is 36.0 Å². The molecule has 1 saturated heterocycles. The molecule has 164 valence electrons. The van der Waals surface area contributed by atoms with Crippen LogP contribution >= 0.6 is 34.5 Å². The molecule has 4 nitrogen and oxygen atoms in total. The van der Waals surface area contributed by atoms with Crippen molar-refractivity contribution in [2.24, 2.45) is 0 Å². The van der Waals surface area contributed by atoms with E-state index in [2.05, 4.69) is 53.1 Å². The topological polar surface area (TPSA) is 32.3 Å². The third-order valence-electron chi connectivity index (χ3n) is 6.44. The first-order valence-corrected chi connectivity index (χ1v) is 12.3. The summed E-state index contributed by atoms with van der Waals surface area (Å²) in [5, 5.41) is 4.56. The molecule has 0 bridgehead atoms. The highest BCUT2D eigenvalue weighted by atomic mass is 35.5. The monoisotopic (exact) mass is 482 g/mol. The van der Waals surface area contributed by atoms with Gasteiger partial charge in [-0.15, -0.1) is 11.3 Å². The van der Waals surface area contributed by atoms with Crippen molar-refractivity contribution in [3.63, 3.8) is 0 Å². The predicted molar refractivity (Wildman–Crippen MR) is 138 cm³/mol. The Bertz CT molecular complexity index is 1290. The Morgan fingerprint density at radius 3 is 2.22 bits per heavy atom. The Balaban J connectivity index is 1.47. The summed E-state index contributed by atoms with van der Waals surface area (Å²) in [4.78, 5) is 15.1. The second-order valence-electron chi connectivity index (χ2n) is 8.33. The maximum Gasteiger partial charge on any atom is 0.141 e. The minimum atomic E-state index is 0.587. The molecule has 5 rings (SSSR count). The van der Waals surface area contributed by atoms with Gasteiger partial charge in [-0.1, -0.05) is 35.3 Å². The molecule has 7 heteroatoms. The zero-order valence-corrected chi connectivity index (χ0v) is 20.7. The fourth-order valence-corrected chi connectivity index (χ4v) is 5.56. The van der Waals surface area contributed by atoms with E-state index in [0.717, 1.165) is 47.9 Å². The number of nitrogens with zero attached hydrogens (tertiary/aromatic N) is 4. The van der Waals surface area contributed by atoms with Crippen LogP contribution < -0.4 is 9.80 Å². The minimum Gasteiger partial charge on any atom is -0.368 e. The smallest absolute Gasteiger partial charge is 0.141 e. The van der Waals surface area contributed by atoms with Gasteiger partial charge >= 0.3 is 0 Å². The highest BCUT2D eigenvalue weighted by Gasteiger charge is 2.23. The maximum absolute atomic E-state index is 6.23. The van der Waals surface area contributed by atoms with Gasteiger partial charge in [-0.25, -0.2) is 9.97 Å². The lowest BCUT2D eigenvalue weighted by Gasteiger charge is -2.37. The van der Waals surface area contributed by atoms with Crippen LogP contribution in [0.3, 0.4) is 0 Å². The molecule has 0 spiro atoms. The Morgan fingerprint density at radius 1 is 0.844 bits per heavy atom. The first-order valence-electron chi connectivity index (χ1n) is 10.7. The molecule has 0 aliphatic carbocycles. The van der Waals surface area contributed by atoms with Crippen LogP contribution in [0.2, 0.25) is 10.0 Å². The fraction of sp³-hybridized carbons (Fsp3) is 0.280. The van der Waals surface area contributed by atoms with E-state index in [0.29, 0.717) is 10.0 Å². The Labute approximate surface area is 202 Å². The van der Waals surface area contributed by atoms with E-state index in [1.807, 2.05) is 18.2 Å². The van der Waals surface area contributed by atoms with Gasteiger partial charge in [-0.05, 0) is 61.2 Å². The minimum absolute atomic E-state index is 0.587. The lowest BCUT2D eigenvalue weighted by Crippen LogP contribution is -2.46. The van der Waals surface area contributed by atoms with Crippen molar-refractivity contribution in [3.05, 3.63) is 68.8 Å². The van der Waals surface area contributed by atoms with Gasteiger partial charge in [-0.3, -0.25) is 0 Å². The van der Waals surface area contributed by atoms with E-state index in [1.54, 1.807) is 17.7 Å². The van der Waals surface area contributed by atoms with Crippen molar-refractivity contribution in [1.29, 1.82) is 0 Å². The standard InChI is InChI=1S/C25H24Cl2N4S/c1-15-10-18(11-16(2)17(15)3)20-13-32-25-23(20)24(28-14-29-25)31-8-6-30(7-9-31)19-4-5-21(26)22(27)12-19/h4-5,10-14H,6-9H2,1-3H3. The van der Waals surface area contributed by atoms with E-state index in [9.17, 15) is 0 Å². The Kier molecular flexibility index (Phi) is 5.74. The van der Waals surface area contributed by atoms with Crippen LogP contribution in [-0.2, 0) is 0 Å². The number of benzene rings is 2. The van der Waals surface area contributed by atoms with Gasteiger partial charge < -0.3 is 9.80 Å². The van der Waals surface area contributed by atoms with Crippen LogP contribution in [0.25, 0.3) is 21.3 Å². The lowest BCUT2D eigenvalue weighted by atomic mass is 9.96. The summed E-state index contributed by atoms with van der Waals surface area (Å²) < 4.78 is 0. The summed E-state index contributed by atoms with van der Waals surface area (Å²) >= 11 is 14.0. The van der Waals surface area contributed by atoms with Gasteiger partial charge in [0.2, 0.25) is 0 Å². The van der Waals surface area contributed by atoms with E-state index < -0.39 is 0 Å². The van der Waals surface area contributed by atoms with Crippen LogP contribution in [0.1, 0.15) is 16.7 Å². The Morgan fingerprint density at radius 2 is 1.53 bits per heavy atom. The molecule has 32 heavy (non-hydrogen) atoms. The number of hydrogen-bond acceptors (Lipinski definition) is 5. The summed E-state index contributed by atoms with van der Waals surface area (Å²) in [5.74, 6) is 1.02. The van der Waals surface area contributed by atoms with E-state index in [1.165, 1.54) is 27.8 Å². The van der Waals surface area contributed by atoms with Gasteiger partial charge in [0.25, 0.3) is 0 Å². The summed E-state index contributed by atoms with van der Waals surface area (Å²) in [6.45, 7) is 10.1. The van der Waals surface area contributed by atoms with E-state index in [4.69, 9.17) is 28.2 Å². The molecule has 1 aliphatic rings. The highest BCUT2D eigenvalue weighted by molar-refractivity contribution is 7.17. The molecular formula is C25H24Cl2N4S. The molecule has 0 atom stereocenters. The zero-order valence-electron chi connectivity index (χ0n) is 18.3. The van der Waals surface area contributed by atoms with E-state index >= 15 is 0 Å². The SMILES string of the molecule is Cc1cc(-c2csc3ncnc(N4CCN(c5ccc(Cl)c(Cl)c5)CC4)c23)cc(C)c1C. The number of fused-ring (bicyclic) bond motifs is 1. The quantitative estimate of drug-likeness (QED) is 0.317. The fourth-order valence-electron chi connectivity index (χ4n) is 4.36. The molecule has 2 aromatic carbocycles. The molecule has 0 saturated carbocycles. The summed E-state index contributed by atoms with van der Waals surface area (Å²) in [7, 11) is 0. The van der Waals surface area contributed by atoms with Crippen molar-refractivity contribution in [2.45, 2.75) is 20.8 Å². The van der Waals surface area contributed by atoms with Gasteiger partial charge in [0.1, 0.15) is 17.0 Å². The Hall–Kier alpha value is -2.34. The highest BCUT2D eigenvalue weighted by Crippen LogP contribution is 2.39. The molecule has 0 unspecified atom stereocenters. The first-order chi connectivity index (χ1) is 15.4. The second kappa shape index (κ2) is 8.54. The number of piperazine rings is 1. The average molecular weight is 483 g/mol. The second-order valence-corrected chi connectivity index (χ2v) is 10.0. The molecule has 1 fully saturated rings. The number of aromatic nitrogens is 2. The number of halogens is 2. The molecule has 4 aromatic rings. The molecule has 1 aliphatic heterocycles. The van der Waals surface area contributed by atoms with Crippen molar-refractivity contribution in [3.8, 4) is 11.1 Å². The van der Waals surface area contributed by atoms with Crippen LogP contribution in [0.15, 0.2) is 42.0 Å².